The molecule has 0 saturated carbocycles. The Hall–Kier alpha value is -1.89. The van der Waals surface area contributed by atoms with Crippen molar-refractivity contribution in [1.29, 1.82) is 0 Å². The number of hydrogen-bond acceptors (Lipinski definition) is 6. The number of aromatic nitrogens is 3. The Balaban J connectivity index is 2.31. The molecule has 100 valence electrons. The van der Waals surface area contributed by atoms with E-state index in [1.807, 2.05) is 25.1 Å². The number of nitrogens with zero attached hydrogens (tertiary/aromatic N) is 3. The Labute approximate surface area is 119 Å². The van der Waals surface area contributed by atoms with Gasteiger partial charge in [-0.3, -0.25) is 0 Å². The molecule has 0 saturated heterocycles. The van der Waals surface area contributed by atoms with E-state index in [9.17, 15) is 0 Å². The Morgan fingerprint density at radius 2 is 1.89 bits per heavy atom. The van der Waals surface area contributed by atoms with E-state index in [1.54, 1.807) is 7.05 Å². The number of ether oxygens (including phenoxy) is 1. The Bertz CT molecular complexity index is 568. The summed E-state index contributed by atoms with van der Waals surface area (Å²) in [6, 6.07) is 6.23. The normalized spacial score (nSPS) is 10.1. The minimum Gasteiger partial charge on any atom is -0.467 e. The summed E-state index contributed by atoms with van der Waals surface area (Å²) in [7, 11) is 3.25. The number of rotatable bonds is 4. The molecule has 0 aliphatic rings. The molecule has 1 aromatic heterocycles. The van der Waals surface area contributed by atoms with Crippen molar-refractivity contribution in [2.24, 2.45) is 0 Å². The van der Waals surface area contributed by atoms with Crippen molar-refractivity contribution < 1.29 is 4.74 Å². The smallest absolute Gasteiger partial charge is 0.322 e. The molecule has 0 unspecified atom stereocenters. The predicted molar refractivity (Wildman–Crippen MR) is 78.1 cm³/mol. The van der Waals surface area contributed by atoms with Crippen molar-refractivity contribution in [3.8, 4) is 6.01 Å². The molecule has 0 fully saturated rings. The maximum Gasteiger partial charge on any atom is 0.322 e. The third-order valence-corrected chi connectivity index (χ3v) is 3.05. The van der Waals surface area contributed by atoms with Gasteiger partial charge in [-0.1, -0.05) is 6.07 Å². The van der Waals surface area contributed by atoms with Gasteiger partial charge < -0.3 is 15.4 Å². The van der Waals surface area contributed by atoms with Gasteiger partial charge in [0.1, 0.15) is 0 Å². The third kappa shape index (κ3) is 3.31. The largest absolute Gasteiger partial charge is 0.467 e. The van der Waals surface area contributed by atoms with Crippen molar-refractivity contribution in [1.82, 2.24) is 15.0 Å². The van der Waals surface area contributed by atoms with Crippen LogP contribution in [0.1, 0.15) is 5.56 Å². The summed E-state index contributed by atoms with van der Waals surface area (Å²) in [5.41, 5.74) is 2.04. The average Bonchev–Trinajstić information content (AvgIpc) is 2.41. The first kappa shape index (κ1) is 13.5. The van der Waals surface area contributed by atoms with E-state index in [4.69, 9.17) is 4.74 Å². The van der Waals surface area contributed by atoms with Gasteiger partial charge in [-0.25, -0.2) is 0 Å². The number of aryl methyl sites for hydroxylation is 1. The first-order valence-electron chi connectivity index (χ1n) is 5.63. The van der Waals surface area contributed by atoms with Gasteiger partial charge in [-0.2, -0.15) is 15.0 Å². The van der Waals surface area contributed by atoms with Crippen molar-refractivity contribution in [3.05, 3.63) is 28.2 Å². The molecule has 19 heavy (non-hydrogen) atoms. The molecule has 0 bridgehead atoms. The van der Waals surface area contributed by atoms with Gasteiger partial charge >= 0.3 is 6.01 Å². The number of nitrogens with one attached hydrogen (secondary N) is 2. The number of hydrogen-bond donors (Lipinski definition) is 2. The van der Waals surface area contributed by atoms with Crippen LogP contribution in [0.4, 0.5) is 17.6 Å². The first-order chi connectivity index (χ1) is 9.12. The molecule has 0 radical (unpaired) electrons. The summed E-state index contributed by atoms with van der Waals surface area (Å²) < 4.78 is 5.97. The highest BCUT2D eigenvalue weighted by Crippen LogP contribution is 2.26. The SMILES string of the molecule is CNc1nc(Nc2ccc(C)cc2Br)nc(OC)n1. The van der Waals surface area contributed by atoms with Crippen LogP contribution >= 0.6 is 15.9 Å². The molecular formula is C12H14BrN5O. The second kappa shape index (κ2) is 5.83. The summed E-state index contributed by atoms with van der Waals surface area (Å²) in [6.07, 6.45) is 0. The van der Waals surface area contributed by atoms with Gasteiger partial charge in [0.15, 0.2) is 0 Å². The maximum absolute atomic E-state index is 5.03. The van der Waals surface area contributed by atoms with E-state index in [1.165, 1.54) is 12.7 Å². The molecular weight excluding hydrogens is 310 g/mol. The summed E-state index contributed by atoms with van der Waals surface area (Å²) >= 11 is 3.50. The number of benzene rings is 1. The van der Waals surface area contributed by atoms with Gasteiger partial charge in [0.2, 0.25) is 11.9 Å². The highest BCUT2D eigenvalue weighted by molar-refractivity contribution is 9.10. The number of methoxy groups -OCH3 is 1. The lowest BCUT2D eigenvalue weighted by atomic mass is 10.2. The van der Waals surface area contributed by atoms with Crippen LogP contribution in [0.2, 0.25) is 0 Å². The summed E-state index contributed by atoms with van der Waals surface area (Å²) in [5.74, 6) is 0.860. The number of anilines is 3. The lowest BCUT2D eigenvalue weighted by Crippen LogP contribution is -2.05. The molecule has 1 heterocycles. The van der Waals surface area contributed by atoms with Crippen LogP contribution in [0.5, 0.6) is 6.01 Å². The molecule has 0 spiro atoms. The quantitative estimate of drug-likeness (QED) is 0.901. The zero-order chi connectivity index (χ0) is 13.8. The monoisotopic (exact) mass is 323 g/mol. The van der Waals surface area contributed by atoms with Gasteiger partial charge in [0.25, 0.3) is 0 Å². The second-order valence-corrected chi connectivity index (χ2v) is 4.68. The zero-order valence-electron chi connectivity index (χ0n) is 10.9. The molecule has 2 N–H and O–H groups in total. The van der Waals surface area contributed by atoms with Crippen molar-refractivity contribution in [2.75, 3.05) is 24.8 Å². The molecule has 1 aromatic carbocycles. The Morgan fingerprint density at radius 3 is 2.53 bits per heavy atom. The summed E-state index contributed by atoms with van der Waals surface area (Å²) in [6.45, 7) is 2.03. The van der Waals surface area contributed by atoms with Crippen molar-refractivity contribution in [3.63, 3.8) is 0 Å². The average molecular weight is 324 g/mol. The lowest BCUT2D eigenvalue weighted by Gasteiger charge is -2.09. The van der Waals surface area contributed by atoms with E-state index in [0.717, 1.165) is 10.2 Å². The molecule has 0 amide bonds. The van der Waals surface area contributed by atoms with Crippen LogP contribution in [-0.2, 0) is 0 Å². The van der Waals surface area contributed by atoms with Gasteiger partial charge in [-0.05, 0) is 40.5 Å². The summed E-state index contributed by atoms with van der Waals surface area (Å²) in [4.78, 5) is 12.4. The zero-order valence-corrected chi connectivity index (χ0v) is 12.4. The fourth-order valence-electron chi connectivity index (χ4n) is 1.46. The maximum atomic E-state index is 5.03. The highest BCUT2D eigenvalue weighted by atomic mass is 79.9. The van der Waals surface area contributed by atoms with E-state index in [0.29, 0.717) is 11.9 Å². The first-order valence-corrected chi connectivity index (χ1v) is 6.42. The Kier molecular flexibility index (Phi) is 4.16. The molecule has 6 nitrogen and oxygen atoms in total. The predicted octanol–water partition coefficient (Wildman–Crippen LogP) is 2.74. The Morgan fingerprint density at radius 1 is 1.16 bits per heavy atom. The fourth-order valence-corrected chi connectivity index (χ4v) is 2.05. The van der Waals surface area contributed by atoms with Crippen LogP contribution in [0.15, 0.2) is 22.7 Å². The lowest BCUT2D eigenvalue weighted by molar-refractivity contribution is 0.379. The third-order valence-electron chi connectivity index (χ3n) is 2.39. The van der Waals surface area contributed by atoms with Crippen molar-refractivity contribution >= 4 is 33.5 Å². The highest BCUT2D eigenvalue weighted by Gasteiger charge is 2.07. The molecule has 0 aliphatic heterocycles. The van der Waals surface area contributed by atoms with Gasteiger partial charge in [-0.15, -0.1) is 0 Å². The molecule has 2 aromatic rings. The van der Waals surface area contributed by atoms with Crippen LogP contribution in [0.25, 0.3) is 0 Å². The van der Waals surface area contributed by atoms with Crippen LogP contribution in [0, 0.1) is 6.92 Å². The van der Waals surface area contributed by atoms with E-state index < -0.39 is 0 Å². The topological polar surface area (TPSA) is 72.0 Å². The summed E-state index contributed by atoms with van der Waals surface area (Å²) in [5, 5.41) is 5.98. The van der Waals surface area contributed by atoms with Gasteiger partial charge in [0.05, 0.1) is 12.8 Å². The minimum absolute atomic E-state index is 0.255. The van der Waals surface area contributed by atoms with Gasteiger partial charge in [0, 0.05) is 11.5 Å². The molecule has 7 heteroatoms. The molecule has 0 aliphatic carbocycles. The molecule has 0 atom stereocenters. The standard InChI is InChI=1S/C12H14BrN5O/c1-7-4-5-9(8(13)6-7)15-11-16-10(14-2)17-12(18-11)19-3/h4-6H,1-3H3,(H2,14,15,16,17,18). The van der Waals surface area contributed by atoms with Crippen LogP contribution in [-0.4, -0.2) is 29.1 Å². The van der Waals surface area contributed by atoms with E-state index in [2.05, 4.69) is 41.5 Å². The second-order valence-electron chi connectivity index (χ2n) is 3.83. The molecule has 2 rings (SSSR count). The number of halogens is 1. The van der Waals surface area contributed by atoms with Crippen LogP contribution in [0.3, 0.4) is 0 Å². The fraction of sp³-hybridized carbons (Fsp3) is 0.250. The van der Waals surface area contributed by atoms with Crippen LogP contribution < -0.4 is 15.4 Å². The van der Waals surface area contributed by atoms with Crippen molar-refractivity contribution in [2.45, 2.75) is 6.92 Å². The van der Waals surface area contributed by atoms with E-state index >= 15 is 0 Å². The van der Waals surface area contributed by atoms with E-state index in [-0.39, 0.29) is 6.01 Å². The minimum atomic E-state index is 0.255.